The molecule has 0 radical (unpaired) electrons. The predicted molar refractivity (Wildman–Crippen MR) is 103 cm³/mol. The zero-order chi connectivity index (χ0) is 18.8. The first-order valence-corrected chi connectivity index (χ1v) is 9.37. The number of carboxylic acids is 1. The Labute approximate surface area is 157 Å². The van der Waals surface area contributed by atoms with Gasteiger partial charge in [0, 0.05) is 17.4 Å². The third-order valence-corrected chi connectivity index (χ3v) is 4.84. The number of carbonyl (C=O) groups is 2. The van der Waals surface area contributed by atoms with Crippen molar-refractivity contribution in [2.24, 2.45) is 0 Å². The van der Waals surface area contributed by atoms with Gasteiger partial charge in [0.15, 0.2) is 0 Å². The number of carbonyl (C=O) groups excluding carboxylic acids is 1. The fourth-order valence-corrected chi connectivity index (χ4v) is 3.22. The number of carboxylic acid groups (broad SMARTS) is 1. The fraction of sp³-hybridized carbons (Fsp3) is 0.300. The van der Waals surface area contributed by atoms with Crippen LogP contribution in [0.5, 0.6) is 5.75 Å². The van der Waals surface area contributed by atoms with Gasteiger partial charge in [-0.1, -0.05) is 30.3 Å². The highest BCUT2D eigenvalue weighted by Gasteiger charge is 2.15. The Kier molecular flexibility index (Phi) is 8.02. The summed E-state index contributed by atoms with van der Waals surface area (Å²) < 4.78 is 5.11. The third kappa shape index (κ3) is 7.19. The van der Waals surface area contributed by atoms with Crippen LogP contribution in [-0.2, 0) is 16.0 Å². The lowest BCUT2D eigenvalue weighted by Gasteiger charge is -2.18. The molecule has 0 aliphatic heterocycles. The quantitative estimate of drug-likeness (QED) is 0.625. The third-order valence-electron chi connectivity index (χ3n) is 3.83. The minimum Gasteiger partial charge on any atom is -0.497 e. The Balaban J connectivity index is 1.88. The normalized spacial score (nSPS) is 11.6. The molecule has 5 nitrogen and oxygen atoms in total. The van der Waals surface area contributed by atoms with E-state index in [-0.39, 0.29) is 24.1 Å². The van der Waals surface area contributed by atoms with Crippen molar-refractivity contribution in [2.45, 2.75) is 30.2 Å². The molecule has 0 heterocycles. The van der Waals surface area contributed by atoms with Gasteiger partial charge in [-0.25, -0.2) is 0 Å². The molecular weight excluding hydrogens is 350 g/mol. The Morgan fingerprint density at radius 2 is 1.81 bits per heavy atom. The van der Waals surface area contributed by atoms with Crippen LogP contribution in [0, 0.1) is 0 Å². The maximum atomic E-state index is 12.3. The Hall–Kier alpha value is -2.47. The minimum atomic E-state index is -0.857. The highest BCUT2D eigenvalue weighted by Crippen LogP contribution is 2.21. The lowest BCUT2D eigenvalue weighted by molar-refractivity contribution is -0.137. The number of rotatable bonds is 10. The number of methoxy groups -OCH3 is 1. The number of nitrogens with one attached hydrogen (secondary N) is 1. The average molecular weight is 373 g/mol. The van der Waals surface area contributed by atoms with Gasteiger partial charge in [0.05, 0.1) is 12.9 Å². The van der Waals surface area contributed by atoms with Crippen molar-refractivity contribution < 1.29 is 19.4 Å². The van der Waals surface area contributed by atoms with Crippen LogP contribution in [0.3, 0.4) is 0 Å². The van der Waals surface area contributed by atoms with E-state index in [1.165, 1.54) is 11.8 Å². The molecule has 138 valence electrons. The maximum absolute atomic E-state index is 12.3. The first-order valence-electron chi connectivity index (χ1n) is 8.38. The van der Waals surface area contributed by atoms with Crippen LogP contribution in [-0.4, -0.2) is 35.9 Å². The summed E-state index contributed by atoms with van der Waals surface area (Å²) in [7, 11) is 1.61. The number of aliphatic carboxylic acids is 1. The van der Waals surface area contributed by atoms with E-state index in [9.17, 15) is 9.59 Å². The van der Waals surface area contributed by atoms with E-state index in [2.05, 4.69) is 5.32 Å². The van der Waals surface area contributed by atoms with Gasteiger partial charge >= 0.3 is 5.97 Å². The van der Waals surface area contributed by atoms with Gasteiger partial charge in [-0.15, -0.1) is 11.8 Å². The van der Waals surface area contributed by atoms with E-state index >= 15 is 0 Å². The van der Waals surface area contributed by atoms with Gasteiger partial charge in [0.25, 0.3) is 0 Å². The first-order chi connectivity index (χ1) is 12.6. The van der Waals surface area contributed by atoms with E-state index in [1.807, 2.05) is 54.6 Å². The number of hydrogen-bond acceptors (Lipinski definition) is 4. The van der Waals surface area contributed by atoms with E-state index < -0.39 is 5.97 Å². The van der Waals surface area contributed by atoms with Crippen molar-refractivity contribution in [3.05, 3.63) is 60.2 Å². The van der Waals surface area contributed by atoms with Crippen LogP contribution in [0.1, 0.15) is 18.4 Å². The number of thioether (sulfide) groups is 1. The first kappa shape index (κ1) is 19.8. The van der Waals surface area contributed by atoms with Crippen molar-refractivity contribution >= 4 is 23.6 Å². The Bertz CT molecular complexity index is 704. The van der Waals surface area contributed by atoms with Crippen molar-refractivity contribution in [2.75, 3.05) is 12.9 Å². The summed E-state index contributed by atoms with van der Waals surface area (Å²) in [6.45, 7) is 0. The highest BCUT2D eigenvalue weighted by atomic mass is 32.2. The fourth-order valence-electron chi connectivity index (χ4n) is 2.51. The number of benzene rings is 2. The molecule has 6 heteroatoms. The van der Waals surface area contributed by atoms with Crippen LogP contribution in [0.15, 0.2) is 59.5 Å². The molecule has 2 aromatic rings. The van der Waals surface area contributed by atoms with Gasteiger partial charge in [0.2, 0.25) is 5.91 Å². The molecule has 0 aliphatic rings. The van der Waals surface area contributed by atoms with Crippen molar-refractivity contribution in [1.29, 1.82) is 0 Å². The van der Waals surface area contributed by atoms with E-state index in [0.29, 0.717) is 12.8 Å². The van der Waals surface area contributed by atoms with Crippen molar-refractivity contribution in [1.82, 2.24) is 5.32 Å². The molecule has 0 spiro atoms. The van der Waals surface area contributed by atoms with Crippen molar-refractivity contribution in [3.63, 3.8) is 0 Å². The van der Waals surface area contributed by atoms with Gasteiger partial charge < -0.3 is 15.2 Å². The van der Waals surface area contributed by atoms with E-state index in [4.69, 9.17) is 9.84 Å². The standard InChI is InChI=1S/C20H23NO4S/c1-25-17-8-10-18(11-9-17)26-14-19(22)21-16(7-12-20(23)24)13-15-5-3-2-4-6-15/h2-6,8-11,16H,7,12-14H2,1H3,(H,21,22)(H,23,24). The SMILES string of the molecule is COc1ccc(SCC(=O)NC(CCC(=O)O)Cc2ccccc2)cc1. The molecule has 0 saturated heterocycles. The average Bonchev–Trinajstić information content (AvgIpc) is 2.65. The van der Waals surface area contributed by atoms with Crippen molar-refractivity contribution in [3.8, 4) is 5.75 Å². The number of ether oxygens (including phenoxy) is 1. The van der Waals surface area contributed by atoms with Crippen LogP contribution in [0.25, 0.3) is 0 Å². The lowest BCUT2D eigenvalue weighted by Crippen LogP contribution is -2.38. The topological polar surface area (TPSA) is 75.6 Å². The summed E-state index contributed by atoms with van der Waals surface area (Å²) in [5.41, 5.74) is 1.07. The monoisotopic (exact) mass is 373 g/mol. The van der Waals surface area contributed by atoms with Gasteiger partial charge in [0.1, 0.15) is 5.75 Å². The van der Waals surface area contributed by atoms with Gasteiger partial charge in [-0.3, -0.25) is 9.59 Å². The van der Waals surface area contributed by atoms with Crippen LogP contribution >= 0.6 is 11.8 Å². The second kappa shape index (κ2) is 10.5. The number of hydrogen-bond donors (Lipinski definition) is 2. The Morgan fingerprint density at radius 3 is 2.42 bits per heavy atom. The molecule has 0 fully saturated rings. The molecule has 1 atom stereocenters. The molecule has 0 aliphatic carbocycles. The second-order valence-corrected chi connectivity index (χ2v) is 6.90. The van der Waals surface area contributed by atoms with Gasteiger partial charge in [-0.05, 0) is 42.7 Å². The van der Waals surface area contributed by atoms with Crippen LogP contribution in [0.4, 0.5) is 0 Å². The summed E-state index contributed by atoms with van der Waals surface area (Å²) in [4.78, 5) is 24.1. The molecule has 2 N–H and O–H groups in total. The van der Waals surface area contributed by atoms with E-state index in [1.54, 1.807) is 7.11 Å². The summed E-state index contributed by atoms with van der Waals surface area (Å²) in [5, 5.41) is 11.9. The van der Waals surface area contributed by atoms with Crippen LogP contribution < -0.4 is 10.1 Å². The lowest BCUT2D eigenvalue weighted by atomic mass is 10.0. The molecular formula is C20H23NO4S. The largest absolute Gasteiger partial charge is 0.497 e. The smallest absolute Gasteiger partial charge is 0.303 e. The summed E-state index contributed by atoms with van der Waals surface area (Å²) >= 11 is 1.44. The molecule has 2 rings (SSSR count). The zero-order valence-corrected chi connectivity index (χ0v) is 15.5. The molecule has 0 aromatic heterocycles. The highest BCUT2D eigenvalue weighted by molar-refractivity contribution is 8.00. The molecule has 0 saturated carbocycles. The molecule has 0 bridgehead atoms. The molecule has 1 unspecified atom stereocenters. The number of amides is 1. The molecule has 2 aromatic carbocycles. The van der Waals surface area contributed by atoms with Crippen LogP contribution in [0.2, 0.25) is 0 Å². The van der Waals surface area contributed by atoms with E-state index in [0.717, 1.165) is 16.2 Å². The maximum Gasteiger partial charge on any atom is 0.303 e. The minimum absolute atomic E-state index is 0.0312. The second-order valence-electron chi connectivity index (χ2n) is 5.85. The summed E-state index contributed by atoms with van der Waals surface area (Å²) in [5.74, 6) is 0.0995. The zero-order valence-electron chi connectivity index (χ0n) is 14.7. The predicted octanol–water partition coefficient (Wildman–Crippen LogP) is 3.38. The molecule has 1 amide bonds. The summed E-state index contributed by atoms with van der Waals surface area (Å²) in [6, 6.07) is 17.1. The Morgan fingerprint density at radius 1 is 1.12 bits per heavy atom. The molecule has 26 heavy (non-hydrogen) atoms. The van der Waals surface area contributed by atoms with Gasteiger partial charge in [-0.2, -0.15) is 0 Å². The summed E-state index contributed by atoms with van der Waals surface area (Å²) in [6.07, 6.45) is 1.06.